The highest BCUT2D eigenvalue weighted by atomic mass is 28.4. The number of hydrogen-bond acceptors (Lipinski definition) is 1. The van der Waals surface area contributed by atoms with E-state index in [-0.39, 0.29) is 0 Å². The molecule has 0 aromatic carbocycles. The Hall–Kier alpha value is 0.177. The third kappa shape index (κ3) is 2.31. The molecule has 0 spiro atoms. The first kappa shape index (κ1) is 9.27. The van der Waals surface area contributed by atoms with Crippen molar-refractivity contribution >= 4 is 8.32 Å². The van der Waals surface area contributed by atoms with Crippen molar-refractivity contribution in [1.29, 1.82) is 0 Å². The Morgan fingerprint density at radius 2 is 1.73 bits per heavy atom. The molecule has 0 radical (unpaired) electrons. The van der Waals surface area contributed by atoms with Crippen LogP contribution in [0.4, 0.5) is 0 Å². The first-order chi connectivity index (χ1) is 5.33. The van der Waals surface area contributed by atoms with Crippen LogP contribution >= 0.6 is 0 Å². The summed E-state index contributed by atoms with van der Waals surface area (Å²) >= 11 is 0. The topological polar surface area (TPSA) is 9.23 Å². The molecule has 1 nitrogen and oxygen atoms in total. The van der Waals surface area contributed by atoms with Gasteiger partial charge in [-0.3, -0.25) is 0 Å². The van der Waals surface area contributed by atoms with E-state index in [9.17, 15) is 0 Å². The van der Waals surface area contributed by atoms with E-state index < -0.39 is 8.32 Å². The second-order valence-electron chi connectivity index (χ2n) is 3.53. The van der Waals surface area contributed by atoms with Crippen LogP contribution in [-0.4, -0.2) is 14.9 Å². The normalized spacial score (nSPS) is 23.5. The maximum Gasteiger partial charge on any atom is 0.192 e. The summed E-state index contributed by atoms with van der Waals surface area (Å²) in [4.78, 5) is 0. The molecule has 0 N–H and O–H groups in total. The lowest BCUT2D eigenvalue weighted by molar-refractivity contribution is 0.311. The average molecular weight is 172 g/mol. The van der Waals surface area contributed by atoms with E-state index in [4.69, 9.17) is 4.43 Å². The highest BCUT2D eigenvalue weighted by molar-refractivity contribution is 6.73. The van der Waals surface area contributed by atoms with Crippen LogP contribution < -0.4 is 0 Å². The van der Waals surface area contributed by atoms with Crippen molar-refractivity contribution in [3.63, 3.8) is 0 Å². The van der Waals surface area contributed by atoms with Crippen molar-refractivity contribution in [2.75, 3.05) is 6.61 Å². The lowest BCUT2D eigenvalue weighted by atomic mass is 10.3. The highest BCUT2D eigenvalue weighted by Gasteiger charge is 2.33. The van der Waals surface area contributed by atoms with Gasteiger partial charge in [0.15, 0.2) is 8.32 Å². The number of rotatable bonds is 3. The van der Waals surface area contributed by atoms with Crippen molar-refractivity contribution in [1.82, 2.24) is 0 Å². The SMILES string of the molecule is CCO[Si]1(CC)CCCCC1. The monoisotopic (exact) mass is 172 g/mol. The number of hydrogen-bond donors (Lipinski definition) is 0. The Morgan fingerprint density at radius 3 is 2.18 bits per heavy atom. The van der Waals surface area contributed by atoms with Gasteiger partial charge < -0.3 is 4.43 Å². The second-order valence-corrected chi connectivity index (χ2v) is 7.89. The van der Waals surface area contributed by atoms with E-state index in [1.54, 1.807) is 0 Å². The van der Waals surface area contributed by atoms with Crippen molar-refractivity contribution in [2.24, 2.45) is 0 Å². The summed E-state index contributed by atoms with van der Waals surface area (Å²) in [5, 5.41) is 0. The molecule has 1 saturated heterocycles. The van der Waals surface area contributed by atoms with Gasteiger partial charge in [-0.05, 0) is 25.1 Å². The summed E-state index contributed by atoms with van der Waals surface area (Å²) in [6, 6.07) is 4.19. The molecule has 2 heteroatoms. The molecule has 1 fully saturated rings. The fourth-order valence-electron chi connectivity index (χ4n) is 2.10. The lowest BCUT2D eigenvalue weighted by Gasteiger charge is -2.33. The van der Waals surface area contributed by atoms with Crippen LogP contribution in [0.15, 0.2) is 0 Å². The zero-order valence-electron chi connectivity index (χ0n) is 7.86. The summed E-state index contributed by atoms with van der Waals surface area (Å²) in [6.07, 6.45) is 4.31. The lowest BCUT2D eigenvalue weighted by Crippen LogP contribution is -2.39. The summed E-state index contributed by atoms with van der Waals surface area (Å²) < 4.78 is 5.96. The molecule has 0 aromatic heterocycles. The van der Waals surface area contributed by atoms with Gasteiger partial charge in [-0.15, -0.1) is 0 Å². The Labute approximate surface area is 71.3 Å². The van der Waals surface area contributed by atoms with Crippen molar-refractivity contribution in [3.8, 4) is 0 Å². The van der Waals surface area contributed by atoms with Crippen molar-refractivity contribution in [2.45, 2.75) is 51.2 Å². The van der Waals surface area contributed by atoms with Gasteiger partial charge in [0.25, 0.3) is 0 Å². The second kappa shape index (κ2) is 4.26. The van der Waals surface area contributed by atoms with Crippen LogP contribution in [-0.2, 0) is 4.43 Å². The summed E-state index contributed by atoms with van der Waals surface area (Å²) in [5.41, 5.74) is 0. The Kier molecular flexibility index (Phi) is 3.59. The third-order valence-corrected chi connectivity index (χ3v) is 7.58. The predicted molar refractivity (Wildman–Crippen MR) is 51.3 cm³/mol. The standard InChI is InChI=1S/C9H20OSi/c1-3-10-11(4-2)8-6-5-7-9-11/h3-9H2,1-2H3. The van der Waals surface area contributed by atoms with Gasteiger partial charge in [0.1, 0.15) is 0 Å². The molecular weight excluding hydrogens is 152 g/mol. The summed E-state index contributed by atoms with van der Waals surface area (Å²) in [6.45, 7) is 5.40. The maximum absolute atomic E-state index is 5.96. The van der Waals surface area contributed by atoms with E-state index in [1.807, 2.05) is 0 Å². The molecule has 1 aliphatic heterocycles. The smallest absolute Gasteiger partial charge is 0.192 e. The fourth-order valence-corrected chi connectivity index (χ4v) is 5.95. The molecule has 0 atom stereocenters. The van der Waals surface area contributed by atoms with Crippen molar-refractivity contribution < 1.29 is 4.43 Å². The summed E-state index contributed by atoms with van der Waals surface area (Å²) in [5.74, 6) is 0. The van der Waals surface area contributed by atoms with E-state index in [1.165, 1.54) is 37.4 Å². The average Bonchev–Trinajstić information content (AvgIpc) is 2.07. The molecule has 11 heavy (non-hydrogen) atoms. The highest BCUT2D eigenvalue weighted by Crippen LogP contribution is 2.32. The van der Waals surface area contributed by atoms with Gasteiger partial charge in [-0.2, -0.15) is 0 Å². The van der Waals surface area contributed by atoms with Gasteiger partial charge in [0.2, 0.25) is 0 Å². The predicted octanol–water partition coefficient (Wildman–Crippen LogP) is 3.17. The molecule has 1 aliphatic rings. The van der Waals surface area contributed by atoms with E-state index in [0.717, 1.165) is 6.61 Å². The summed E-state index contributed by atoms with van der Waals surface area (Å²) in [7, 11) is -1.16. The molecule has 0 saturated carbocycles. The molecule has 66 valence electrons. The molecular formula is C9H20OSi. The first-order valence-electron chi connectivity index (χ1n) is 4.97. The maximum atomic E-state index is 5.96. The van der Waals surface area contributed by atoms with Crippen LogP contribution in [0.1, 0.15) is 33.1 Å². The van der Waals surface area contributed by atoms with Crippen LogP contribution in [0.2, 0.25) is 18.1 Å². The Bertz CT molecular complexity index is 103. The van der Waals surface area contributed by atoms with Crippen LogP contribution in [0, 0.1) is 0 Å². The van der Waals surface area contributed by atoms with E-state index in [0.29, 0.717) is 0 Å². The van der Waals surface area contributed by atoms with Crippen LogP contribution in [0.25, 0.3) is 0 Å². The van der Waals surface area contributed by atoms with Gasteiger partial charge in [0, 0.05) is 6.61 Å². The van der Waals surface area contributed by atoms with Crippen LogP contribution in [0.3, 0.4) is 0 Å². The van der Waals surface area contributed by atoms with Crippen LogP contribution in [0.5, 0.6) is 0 Å². The molecule has 1 rings (SSSR count). The fraction of sp³-hybridized carbons (Fsp3) is 1.00. The van der Waals surface area contributed by atoms with Gasteiger partial charge in [-0.25, -0.2) is 0 Å². The largest absolute Gasteiger partial charge is 0.417 e. The minimum atomic E-state index is -1.16. The molecule has 1 heterocycles. The van der Waals surface area contributed by atoms with E-state index >= 15 is 0 Å². The van der Waals surface area contributed by atoms with E-state index in [2.05, 4.69) is 13.8 Å². The molecule has 0 amide bonds. The molecule has 0 aliphatic carbocycles. The zero-order chi connectivity index (χ0) is 8.16. The van der Waals surface area contributed by atoms with Crippen molar-refractivity contribution in [3.05, 3.63) is 0 Å². The van der Waals surface area contributed by atoms with Gasteiger partial charge >= 0.3 is 0 Å². The quantitative estimate of drug-likeness (QED) is 0.594. The first-order valence-corrected chi connectivity index (χ1v) is 7.50. The minimum absolute atomic E-state index is 0.945. The third-order valence-electron chi connectivity index (χ3n) is 2.86. The van der Waals surface area contributed by atoms with Gasteiger partial charge in [-0.1, -0.05) is 26.2 Å². The zero-order valence-corrected chi connectivity index (χ0v) is 8.86. The van der Waals surface area contributed by atoms with Gasteiger partial charge in [0.05, 0.1) is 0 Å². The Balaban J connectivity index is 2.42. The molecule has 0 bridgehead atoms. The molecule has 0 unspecified atom stereocenters. The Morgan fingerprint density at radius 1 is 1.09 bits per heavy atom. The molecule has 0 aromatic rings. The minimum Gasteiger partial charge on any atom is -0.417 e.